The summed E-state index contributed by atoms with van der Waals surface area (Å²) < 4.78 is 5.03. The van der Waals surface area contributed by atoms with Crippen LogP contribution in [-0.4, -0.2) is 18.3 Å². The molecule has 0 aliphatic heterocycles. The fourth-order valence-corrected chi connectivity index (χ4v) is 2.29. The molecule has 20 heavy (non-hydrogen) atoms. The van der Waals surface area contributed by atoms with Gasteiger partial charge < -0.3 is 4.74 Å². The maximum atomic E-state index is 10.8. The van der Waals surface area contributed by atoms with Crippen LogP contribution < -0.4 is 0 Å². The first-order chi connectivity index (χ1) is 9.63. The van der Waals surface area contributed by atoms with Crippen molar-refractivity contribution in [2.75, 3.05) is 6.61 Å². The molecule has 0 aromatic carbocycles. The summed E-state index contributed by atoms with van der Waals surface area (Å²) in [5, 5.41) is 0. The lowest BCUT2D eigenvalue weighted by Gasteiger charge is -2.12. The quantitative estimate of drug-likeness (QED) is 0.405. The zero-order chi connectivity index (χ0) is 14.8. The fourth-order valence-electron chi connectivity index (χ4n) is 2.29. The number of hydrogen-bond acceptors (Lipinski definition) is 3. The first-order valence-corrected chi connectivity index (χ1v) is 7.67. The third-order valence-electron chi connectivity index (χ3n) is 3.42. The van der Waals surface area contributed by atoms with Crippen LogP contribution in [0.4, 0.5) is 0 Å². The molecule has 0 bridgehead atoms. The molecule has 1 rings (SSSR count). The number of hydrogen-bond donors (Lipinski definition) is 0. The van der Waals surface area contributed by atoms with Gasteiger partial charge in [-0.25, -0.2) is 0 Å². The van der Waals surface area contributed by atoms with Crippen molar-refractivity contribution < 1.29 is 9.53 Å². The largest absolute Gasteiger partial charge is 0.465 e. The topological polar surface area (TPSA) is 38.7 Å². The van der Waals surface area contributed by atoms with Crippen LogP contribution in [0.1, 0.15) is 65.7 Å². The number of carbonyl (C=O) groups excluding carboxylic acids is 1. The van der Waals surface area contributed by atoms with E-state index in [0.29, 0.717) is 6.61 Å². The molecule has 3 nitrogen and oxygen atoms in total. The van der Waals surface area contributed by atoms with E-state index in [1.807, 2.05) is 0 Å². The number of carbonyl (C=O) groups is 1. The van der Waals surface area contributed by atoms with Gasteiger partial charge in [0, 0.05) is 24.8 Å². The Bertz CT molecular complexity index is 405. The Hall–Kier alpha value is -1.38. The second-order valence-corrected chi connectivity index (χ2v) is 5.29. The highest BCUT2D eigenvalue weighted by atomic mass is 16.5. The van der Waals surface area contributed by atoms with Crippen LogP contribution >= 0.6 is 0 Å². The molecule has 0 N–H and O–H groups in total. The number of esters is 1. The van der Waals surface area contributed by atoms with E-state index in [0.717, 1.165) is 50.7 Å². The molecule has 0 saturated heterocycles. The lowest BCUT2D eigenvalue weighted by atomic mass is 10.0. The van der Waals surface area contributed by atoms with Crippen molar-refractivity contribution in [3.8, 4) is 0 Å². The van der Waals surface area contributed by atoms with Crippen LogP contribution in [0.15, 0.2) is 28.4 Å². The molecular formula is C17H27NO2. The van der Waals surface area contributed by atoms with E-state index < -0.39 is 0 Å². The summed E-state index contributed by atoms with van der Waals surface area (Å²) in [5.41, 5.74) is 3.80. The van der Waals surface area contributed by atoms with Crippen molar-refractivity contribution in [3.05, 3.63) is 23.4 Å². The molecular weight excluding hydrogens is 250 g/mol. The Balaban J connectivity index is 2.71. The van der Waals surface area contributed by atoms with E-state index >= 15 is 0 Å². The Labute approximate surface area is 122 Å². The minimum atomic E-state index is -0.215. The predicted octanol–water partition coefficient (Wildman–Crippen LogP) is 4.58. The molecule has 0 fully saturated rings. The molecule has 0 spiro atoms. The van der Waals surface area contributed by atoms with E-state index in [1.54, 1.807) is 0 Å². The van der Waals surface area contributed by atoms with Crippen molar-refractivity contribution in [1.29, 1.82) is 0 Å². The maximum absolute atomic E-state index is 10.8. The zero-order valence-electron chi connectivity index (χ0n) is 13.1. The fraction of sp³-hybridized carbons (Fsp3) is 0.647. The average molecular weight is 277 g/mol. The lowest BCUT2D eigenvalue weighted by Crippen LogP contribution is -2.08. The van der Waals surface area contributed by atoms with Gasteiger partial charge in [0.15, 0.2) is 0 Å². The highest BCUT2D eigenvalue weighted by Crippen LogP contribution is 2.21. The van der Waals surface area contributed by atoms with Crippen LogP contribution in [-0.2, 0) is 9.53 Å². The Morgan fingerprint density at radius 1 is 1.25 bits per heavy atom. The van der Waals surface area contributed by atoms with E-state index in [-0.39, 0.29) is 5.97 Å². The monoisotopic (exact) mass is 277 g/mol. The number of allylic oxidation sites excluding steroid dienone is 4. The SMILES string of the molecule is CCC/C(CCOC(C)=O)=N\C1=C(/C)CC/C=C/CC1. The second kappa shape index (κ2) is 9.51. The zero-order valence-corrected chi connectivity index (χ0v) is 13.1. The third kappa shape index (κ3) is 6.69. The van der Waals surface area contributed by atoms with Crippen LogP contribution in [0, 0.1) is 0 Å². The summed E-state index contributed by atoms with van der Waals surface area (Å²) in [6.45, 7) is 6.24. The molecule has 0 aromatic heterocycles. The van der Waals surface area contributed by atoms with Gasteiger partial charge in [-0.05, 0) is 39.0 Å². The summed E-state index contributed by atoms with van der Waals surface area (Å²) in [5.74, 6) is -0.215. The molecule has 0 heterocycles. The van der Waals surface area contributed by atoms with Crippen LogP contribution in [0.3, 0.4) is 0 Å². The maximum Gasteiger partial charge on any atom is 0.302 e. The summed E-state index contributed by atoms with van der Waals surface area (Å²) in [6.07, 6.45) is 11.6. The van der Waals surface area contributed by atoms with Gasteiger partial charge >= 0.3 is 5.97 Å². The molecule has 0 atom stereocenters. The number of rotatable bonds is 6. The van der Waals surface area contributed by atoms with Crippen molar-refractivity contribution >= 4 is 11.7 Å². The average Bonchev–Trinajstić information content (AvgIpc) is 2.38. The van der Waals surface area contributed by atoms with Crippen LogP contribution in [0.2, 0.25) is 0 Å². The molecule has 1 aliphatic carbocycles. The predicted molar refractivity (Wildman–Crippen MR) is 83.9 cm³/mol. The highest BCUT2D eigenvalue weighted by molar-refractivity contribution is 5.85. The third-order valence-corrected chi connectivity index (χ3v) is 3.42. The van der Waals surface area contributed by atoms with Crippen LogP contribution in [0.5, 0.6) is 0 Å². The Morgan fingerprint density at radius 2 is 1.95 bits per heavy atom. The van der Waals surface area contributed by atoms with Gasteiger partial charge in [0.25, 0.3) is 0 Å². The van der Waals surface area contributed by atoms with E-state index in [1.165, 1.54) is 18.2 Å². The van der Waals surface area contributed by atoms with E-state index in [4.69, 9.17) is 9.73 Å². The van der Waals surface area contributed by atoms with Crippen molar-refractivity contribution in [2.24, 2.45) is 4.99 Å². The van der Waals surface area contributed by atoms with Gasteiger partial charge in [0.05, 0.1) is 6.61 Å². The van der Waals surface area contributed by atoms with Gasteiger partial charge in [-0.1, -0.05) is 31.1 Å². The molecule has 112 valence electrons. The molecule has 0 aromatic rings. The summed E-state index contributed by atoms with van der Waals surface area (Å²) in [6, 6.07) is 0. The number of ether oxygens (including phenoxy) is 1. The summed E-state index contributed by atoms with van der Waals surface area (Å²) >= 11 is 0. The Morgan fingerprint density at radius 3 is 2.60 bits per heavy atom. The van der Waals surface area contributed by atoms with Crippen molar-refractivity contribution in [2.45, 2.75) is 65.7 Å². The molecule has 0 unspecified atom stereocenters. The first-order valence-electron chi connectivity index (χ1n) is 7.67. The van der Waals surface area contributed by atoms with Crippen LogP contribution in [0.25, 0.3) is 0 Å². The highest BCUT2D eigenvalue weighted by Gasteiger charge is 2.07. The number of aliphatic imine (C=N–C) groups is 1. The van der Waals surface area contributed by atoms with Gasteiger partial charge in [-0.2, -0.15) is 0 Å². The summed E-state index contributed by atoms with van der Waals surface area (Å²) in [4.78, 5) is 15.7. The minimum absolute atomic E-state index is 0.215. The normalized spacial score (nSPS) is 22.1. The minimum Gasteiger partial charge on any atom is -0.465 e. The smallest absolute Gasteiger partial charge is 0.302 e. The van der Waals surface area contributed by atoms with Gasteiger partial charge in [-0.15, -0.1) is 0 Å². The molecule has 0 saturated carbocycles. The summed E-state index contributed by atoms with van der Waals surface area (Å²) in [7, 11) is 0. The standard InChI is InChI=1S/C17H27NO2/c1-4-9-16(12-13-20-15(3)19)18-17-11-8-6-5-7-10-14(17)2/h5-6H,4,7-13H2,1-3H3/b6-5+,17-14+,18-16+. The molecule has 1 aliphatic rings. The molecule has 0 amide bonds. The molecule has 3 heteroatoms. The van der Waals surface area contributed by atoms with Gasteiger partial charge in [0.2, 0.25) is 0 Å². The van der Waals surface area contributed by atoms with Gasteiger partial charge in [-0.3, -0.25) is 9.79 Å². The molecule has 0 radical (unpaired) electrons. The lowest BCUT2D eigenvalue weighted by molar-refractivity contribution is -0.140. The van der Waals surface area contributed by atoms with E-state index in [9.17, 15) is 4.79 Å². The first kappa shape index (κ1) is 16.7. The van der Waals surface area contributed by atoms with Crippen molar-refractivity contribution in [1.82, 2.24) is 0 Å². The Kier molecular flexibility index (Phi) is 7.93. The number of nitrogens with zero attached hydrogens (tertiary/aromatic N) is 1. The van der Waals surface area contributed by atoms with Gasteiger partial charge in [0.1, 0.15) is 0 Å². The van der Waals surface area contributed by atoms with E-state index in [2.05, 4.69) is 26.0 Å². The van der Waals surface area contributed by atoms with Crippen molar-refractivity contribution in [3.63, 3.8) is 0 Å². The second-order valence-electron chi connectivity index (χ2n) is 5.29.